The number of carbonyl (C=O) groups is 1. The topological polar surface area (TPSA) is 59.8 Å². The van der Waals surface area contributed by atoms with Crippen molar-refractivity contribution in [1.29, 1.82) is 0 Å². The van der Waals surface area contributed by atoms with Crippen LogP contribution in [0.2, 0.25) is 5.15 Å². The molecule has 19 heavy (non-hydrogen) atoms. The van der Waals surface area contributed by atoms with Crippen molar-refractivity contribution in [2.24, 2.45) is 7.05 Å². The molecule has 2 aromatic rings. The molecule has 1 N–H and O–H groups in total. The van der Waals surface area contributed by atoms with E-state index < -0.39 is 0 Å². The Morgan fingerprint density at radius 2 is 2.32 bits per heavy atom. The van der Waals surface area contributed by atoms with Gasteiger partial charge in [-0.25, -0.2) is 9.97 Å². The zero-order valence-corrected chi connectivity index (χ0v) is 11.9. The van der Waals surface area contributed by atoms with Crippen molar-refractivity contribution in [2.75, 3.05) is 12.3 Å². The third kappa shape index (κ3) is 3.97. The second-order valence-corrected chi connectivity index (χ2v) is 5.24. The Kier molecular flexibility index (Phi) is 4.81. The van der Waals surface area contributed by atoms with E-state index in [2.05, 4.69) is 15.3 Å². The fraction of sp³-hybridized carbons (Fsp3) is 0.250. The van der Waals surface area contributed by atoms with Gasteiger partial charge in [0.1, 0.15) is 5.15 Å². The maximum atomic E-state index is 11.8. The molecule has 0 unspecified atom stereocenters. The summed E-state index contributed by atoms with van der Waals surface area (Å²) in [5, 5.41) is 4.07. The zero-order chi connectivity index (χ0) is 13.7. The largest absolute Gasteiger partial charge is 0.351 e. The van der Waals surface area contributed by atoms with Gasteiger partial charge in [0.2, 0.25) is 0 Å². The maximum absolute atomic E-state index is 11.8. The highest BCUT2D eigenvalue weighted by Crippen LogP contribution is 2.13. The number of nitrogens with zero attached hydrogens (tertiary/aromatic N) is 3. The van der Waals surface area contributed by atoms with Gasteiger partial charge in [-0.2, -0.15) is 0 Å². The molecule has 1 amide bonds. The first kappa shape index (κ1) is 13.9. The van der Waals surface area contributed by atoms with Crippen LogP contribution in [0.3, 0.4) is 0 Å². The summed E-state index contributed by atoms with van der Waals surface area (Å²) in [6, 6.07) is 3.18. The first-order valence-electron chi connectivity index (χ1n) is 5.66. The fourth-order valence-corrected chi connectivity index (χ4v) is 2.40. The van der Waals surface area contributed by atoms with Crippen molar-refractivity contribution < 1.29 is 4.79 Å². The average molecular weight is 297 g/mol. The number of nitrogens with one attached hydrogen (secondary N) is 1. The molecule has 100 valence electrons. The summed E-state index contributed by atoms with van der Waals surface area (Å²) in [6.07, 6.45) is 5.15. The van der Waals surface area contributed by atoms with Gasteiger partial charge in [0.05, 0.1) is 0 Å². The molecule has 0 atom stereocenters. The summed E-state index contributed by atoms with van der Waals surface area (Å²) in [6.45, 7) is 0.566. The normalized spacial score (nSPS) is 10.4. The van der Waals surface area contributed by atoms with Gasteiger partial charge in [-0.15, -0.1) is 0 Å². The molecule has 0 saturated carbocycles. The number of aryl methyl sites for hydroxylation is 1. The molecule has 7 heteroatoms. The molecule has 0 aromatic carbocycles. The molecule has 0 spiro atoms. The summed E-state index contributed by atoms with van der Waals surface area (Å²) in [7, 11) is 1.94. The molecule has 0 aliphatic carbocycles. The highest BCUT2D eigenvalue weighted by Gasteiger charge is 2.06. The number of hydrogen-bond donors (Lipinski definition) is 1. The number of amides is 1. The number of rotatable bonds is 5. The van der Waals surface area contributed by atoms with Gasteiger partial charge in [-0.05, 0) is 12.1 Å². The Balaban J connectivity index is 1.77. The zero-order valence-electron chi connectivity index (χ0n) is 10.3. The SMILES string of the molecule is Cn1ccnc1SCCNC(=O)c1ccnc(Cl)c1. The molecule has 0 aliphatic heterocycles. The molecule has 5 nitrogen and oxygen atoms in total. The molecule has 2 rings (SSSR count). The van der Waals surface area contributed by atoms with E-state index in [1.165, 1.54) is 6.20 Å². The number of imidazole rings is 1. The van der Waals surface area contributed by atoms with Crippen LogP contribution < -0.4 is 5.32 Å². The van der Waals surface area contributed by atoms with Crippen LogP contribution in [0.25, 0.3) is 0 Å². The number of pyridine rings is 1. The van der Waals surface area contributed by atoms with Crippen LogP contribution in [0, 0.1) is 0 Å². The van der Waals surface area contributed by atoms with E-state index in [1.807, 2.05) is 17.8 Å². The molecule has 2 heterocycles. The van der Waals surface area contributed by atoms with E-state index in [1.54, 1.807) is 30.1 Å². The summed E-state index contributed by atoms with van der Waals surface area (Å²) >= 11 is 7.32. The van der Waals surface area contributed by atoms with Gasteiger partial charge >= 0.3 is 0 Å². The Morgan fingerprint density at radius 3 is 3.00 bits per heavy atom. The van der Waals surface area contributed by atoms with Gasteiger partial charge in [-0.1, -0.05) is 23.4 Å². The van der Waals surface area contributed by atoms with Crippen molar-refractivity contribution in [2.45, 2.75) is 5.16 Å². The highest BCUT2D eigenvalue weighted by atomic mass is 35.5. The van der Waals surface area contributed by atoms with Gasteiger partial charge < -0.3 is 9.88 Å². The molecule has 2 aromatic heterocycles. The van der Waals surface area contributed by atoms with Gasteiger partial charge in [0.15, 0.2) is 5.16 Å². The quantitative estimate of drug-likeness (QED) is 0.521. The number of thioether (sulfide) groups is 1. The van der Waals surface area contributed by atoms with E-state index in [-0.39, 0.29) is 5.91 Å². The first-order chi connectivity index (χ1) is 9.16. The molecule has 0 aliphatic rings. The van der Waals surface area contributed by atoms with E-state index >= 15 is 0 Å². The first-order valence-corrected chi connectivity index (χ1v) is 7.03. The maximum Gasteiger partial charge on any atom is 0.251 e. The van der Waals surface area contributed by atoms with Crippen LogP contribution >= 0.6 is 23.4 Å². The van der Waals surface area contributed by atoms with Crippen LogP contribution in [0.15, 0.2) is 35.9 Å². The second-order valence-electron chi connectivity index (χ2n) is 3.79. The minimum atomic E-state index is -0.148. The lowest BCUT2D eigenvalue weighted by atomic mass is 10.2. The molecule has 0 radical (unpaired) electrons. The number of aromatic nitrogens is 3. The predicted molar refractivity (Wildman–Crippen MR) is 75.5 cm³/mol. The lowest BCUT2D eigenvalue weighted by Gasteiger charge is -2.05. The summed E-state index contributed by atoms with van der Waals surface area (Å²) in [5.41, 5.74) is 0.516. The fourth-order valence-electron chi connectivity index (χ4n) is 1.44. The predicted octanol–water partition coefficient (Wildman–Crippen LogP) is 1.99. The minimum Gasteiger partial charge on any atom is -0.351 e. The second kappa shape index (κ2) is 6.58. The van der Waals surface area contributed by atoms with Gasteiger partial charge in [0.25, 0.3) is 5.91 Å². The van der Waals surface area contributed by atoms with E-state index in [9.17, 15) is 4.79 Å². The van der Waals surface area contributed by atoms with E-state index in [4.69, 9.17) is 11.6 Å². The van der Waals surface area contributed by atoms with Crippen LogP contribution in [0.1, 0.15) is 10.4 Å². The van der Waals surface area contributed by atoms with Gasteiger partial charge in [-0.3, -0.25) is 4.79 Å². The van der Waals surface area contributed by atoms with Crippen LogP contribution in [-0.4, -0.2) is 32.7 Å². The molecule has 0 fully saturated rings. The summed E-state index contributed by atoms with van der Waals surface area (Å²) in [4.78, 5) is 19.8. The van der Waals surface area contributed by atoms with Crippen molar-refractivity contribution >= 4 is 29.3 Å². The van der Waals surface area contributed by atoms with Crippen molar-refractivity contribution in [3.05, 3.63) is 41.4 Å². The van der Waals surface area contributed by atoms with Crippen LogP contribution in [0.5, 0.6) is 0 Å². The summed E-state index contributed by atoms with van der Waals surface area (Å²) in [5.74, 6) is 0.611. The van der Waals surface area contributed by atoms with Crippen molar-refractivity contribution in [3.8, 4) is 0 Å². The van der Waals surface area contributed by atoms with Crippen LogP contribution in [0.4, 0.5) is 0 Å². The van der Waals surface area contributed by atoms with Crippen LogP contribution in [-0.2, 0) is 7.05 Å². The molecular formula is C12H13ClN4OS. The van der Waals surface area contributed by atoms with E-state index in [0.29, 0.717) is 17.3 Å². The number of hydrogen-bond acceptors (Lipinski definition) is 4. The Bertz CT molecular complexity index is 572. The van der Waals surface area contributed by atoms with Crippen molar-refractivity contribution in [1.82, 2.24) is 19.9 Å². The summed E-state index contributed by atoms with van der Waals surface area (Å²) < 4.78 is 1.94. The average Bonchev–Trinajstić information content (AvgIpc) is 2.80. The number of carbonyl (C=O) groups excluding carboxylic acids is 1. The molecular weight excluding hydrogens is 284 g/mol. The van der Waals surface area contributed by atoms with Gasteiger partial charge in [0, 0.05) is 43.5 Å². The van der Waals surface area contributed by atoms with E-state index in [0.717, 1.165) is 10.9 Å². The standard InChI is InChI=1S/C12H13ClN4OS/c1-17-6-4-16-12(17)19-7-5-15-11(18)9-2-3-14-10(13)8-9/h2-4,6,8H,5,7H2,1H3,(H,15,18). The smallest absolute Gasteiger partial charge is 0.251 e. The highest BCUT2D eigenvalue weighted by molar-refractivity contribution is 7.99. The third-order valence-electron chi connectivity index (χ3n) is 2.38. The molecule has 0 saturated heterocycles. The van der Waals surface area contributed by atoms with Crippen molar-refractivity contribution in [3.63, 3.8) is 0 Å². The number of halogens is 1. The lowest BCUT2D eigenvalue weighted by Crippen LogP contribution is -2.25. The Morgan fingerprint density at radius 1 is 1.47 bits per heavy atom. The lowest BCUT2D eigenvalue weighted by molar-refractivity contribution is 0.0956. The Labute approximate surface area is 120 Å². The minimum absolute atomic E-state index is 0.148. The monoisotopic (exact) mass is 296 g/mol. The molecule has 0 bridgehead atoms. The third-order valence-corrected chi connectivity index (χ3v) is 3.65. The Hall–Kier alpha value is -1.53.